The second-order valence-corrected chi connectivity index (χ2v) is 4.01. The smallest absolute Gasteiger partial charge is 0.325 e. The average molecular weight is 271 g/mol. The third-order valence-electron chi connectivity index (χ3n) is 2.65. The van der Waals surface area contributed by atoms with Crippen molar-refractivity contribution >= 4 is 23.8 Å². The van der Waals surface area contributed by atoms with Crippen LogP contribution in [-0.4, -0.2) is 55.0 Å². The molecule has 2 N–H and O–H groups in total. The van der Waals surface area contributed by atoms with Gasteiger partial charge in [0.2, 0.25) is 5.91 Å². The van der Waals surface area contributed by atoms with Crippen LogP contribution in [0.4, 0.5) is 4.79 Å². The molecule has 4 amide bonds. The van der Waals surface area contributed by atoms with Gasteiger partial charge in [-0.05, 0) is 13.3 Å². The van der Waals surface area contributed by atoms with Crippen LogP contribution in [0.15, 0.2) is 0 Å². The van der Waals surface area contributed by atoms with Crippen molar-refractivity contribution in [3.05, 3.63) is 0 Å². The summed E-state index contributed by atoms with van der Waals surface area (Å²) in [5.41, 5.74) is 0. The summed E-state index contributed by atoms with van der Waals surface area (Å²) in [4.78, 5) is 46.4. The number of nitrogens with one attached hydrogen (secondary N) is 2. The fourth-order valence-corrected chi connectivity index (χ4v) is 1.62. The maximum Gasteiger partial charge on any atom is 0.325 e. The molecule has 0 aromatic rings. The molecule has 1 atom stereocenters. The number of rotatable bonds is 4. The maximum absolute atomic E-state index is 11.7. The Bertz CT molecular complexity index is 396. The maximum atomic E-state index is 11.7. The van der Waals surface area contributed by atoms with E-state index in [9.17, 15) is 19.2 Å². The highest BCUT2D eigenvalue weighted by Crippen LogP contribution is 2.10. The fraction of sp³-hybridized carbons (Fsp3) is 0.636. The third kappa shape index (κ3) is 4.23. The van der Waals surface area contributed by atoms with Gasteiger partial charge < -0.3 is 15.4 Å². The van der Waals surface area contributed by atoms with E-state index in [1.54, 1.807) is 6.92 Å². The molecule has 0 saturated carbocycles. The molecule has 1 fully saturated rings. The Labute approximate surface area is 110 Å². The molecule has 0 aromatic carbocycles. The minimum absolute atomic E-state index is 0.199. The van der Waals surface area contributed by atoms with Gasteiger partial charge in [-0.25, -0.2) is 4.79 Å². The normalized spacial score (nSPS) is 19.1. The molecule has 0 radical (unpaired) electrons. The summed E-state index contributed by atoms with van der Waals surface area (Å²) in [6, 6.07) is -1.39. The molecular weight excluding hydrogens is 254 g/mol. The zero-order valence-corrected chi connectivity index (χ0v) is 10.9. The number of hydrogen-bond acceptors (Lipinski definition) is 5. The number of imide groups is 1. The lowest BCUT2D eigenvalue weighted by atomic mass is 10.1. The SMILES string of the molecule is CCOC(=O)CNC(=O)NC1CCC(=O)N(C)C1=O. The monoisotopic (exact) mass is 271 g/mol. The van der Waals surface area contributed by atoms with E-state index in [1.165, 1.54) is 7.05 Å². The summed E-state index contributed by atoms with van der Waals surface area (Å²) in [5, 5.41) is 4.70. The second-order valence-electron chi connectivity index (χ2n) is 4.01. The first-order chi connectivity index (χ1) is 8.95. The van der Waals surface area contributed by atoms with Gasteiger partial charge in [-0.15, -0.1) is 0 Å². The first kappa shape index (κ1) is 14.9. The second kappa shape index (κ2) is 6.72. The Kier molecular flexibility index (Phi) is 5.28. The van der Waals surface area contributed by atoms with Crippen LogP contribution in [0.2, 0.25) is 0 Å². The summed E-state index contributed by atoms with van der Waals surface area (Å²) in [5.74, 6) is -1.28. The molecule has 8 nitrogen and oxygen atoms in total. The Hall–Kier alpha value is -2.12. The van der Waals surface area contributed by atoms with Gasteiger partial charge in [-0.2, -0.15) is 0 Å². The van der Waals surface area contributed by atoms with Gasteiger partial charge >= 0.3 is 12.0 Å². The Morgan fingerprint density at radius 2 is 2.11 bits per heavy atom. The van der Waals surface area contributed by atoms with E-state index in [0.717, 1.165) is 4.90 Å². The number of carbonyl (C=O) groups is 4. The molecule has 0 spiro atoms. The Morgan fingerprint density at radius 3 is 2.74 bits per heavy atom. The van der Waals surface area contributed by atoms with Gasteiger partial charge in [0, 0.05) is 13.5 Å². The molecule has 1 aliphatic rings. The molecule has 0 aliphatic carbocycles. The molecule has 1 unspecified atom stereocenters. The van der Waals surface area contributed by atoms with Crippen LogP contribution >= 0.6 is 0 Å². The number of urea groups is 1. The molecular formula is C11H17N3O5. The van der Waals surface area contributed by atoms with Gasteiger partial charge in [0.25, 0.3) is 5.91 Å². The van der Waals surface area contributed by atoms with Crippen LogP contribution < -0.4 is 10.6 Å². The van der Waals surface area contributed by atoms with E-state index < -0.39 is 23.9 Å². The summed E-state index contributed by atoms with van der Waals surface area (Å²) >= 11 is 0. The summed E-state index contributed by atoms with van der Waals surface area (Å²) < 4.78 is 4.63. The van der Waals surface area contributed by atoms with Crippen molar-refractivity contribution in [1.82, 2.24) is 15.5 Å². The zero-order chi connectivity index (χ0) is 14.4. The minimum atomic E-state index is -0.745. The van der Waals surface area contributed by atoms with Crippen molar-refractivity contribution in [3.8, 4) is 0 Å². The molecule has 1 aliphatic heterocycles. The molecule has 1 rings (SSSR count). The lowest BCUT2D eigenvalue weighted by Crippen LogP contribution is -2.55. The van der Waals surface area contributed by atoms with Crippen molar-refractivity contribution in [2.75, 3.05) is 20.2 Å². The number of esters is 1. The highest BCUT2D eigenvalue weighted by atomic mass is 16.5. The predicted octanol–water partition coefficient (Wildman–Crippen LogP) is -1.00. The lowest BCUT2D eigenvalue weighted by Gasteiger charge is -2.28. The quantitative estimate of drug-likeness (QED) is 0.504. The Balaban J connectivity index is 2.38. The first-order valence-electron chi connectivity index (χ1n) is 5.96. The third-order valence-corrected chi connectivity index (χ3v) is 2.65. The summed E-state index contributed by atoms with van der Waals surface area (Å²) in [6.07, 6.45) is 0.458. The van der Waals surface area contributed by atoms with Crippen LogP contribution in [0.5, 0.6) is 0 Å². The minimum Gasteiger partial charge on any atom is -0.465 e. The van der Waals surface area contributed by atoms with Crippen LogP contribution in [0, 0.1) is 0 Å². The van der Waals surface area contributed by atoms with E-state index in [1.807, 2.05) is 0 Å². The number of likely N-dealkylation sites (tertiary alicyclic amines) is 1. The van der Waals surface area contributed by atoms with Crippen LogP contribution in [0.1, 0.15) is 19.8 Å². The molecule has 106 valence electrons. The van der Waals surface area contributed by atoms with Gasteiger partial charge in [0.15, 0.2) is 0 Å². The molecule has 1 heterocycles. The van der Waals surface area contributed by atoms with Crippen molar-refractivity contribution in [3.63, 3.8) is 0 Å². The van der Waals surface area contributed by atoms with E-state index >= 15 is 0 Å². The van der Waals surface area contributed by atoms with Crippen LogP contribution in [0.3, 0.4) is 0 Å². The van der Waals surface area contributed by atoms with Gasteiger partial charge in [-0.3, -0.25) is 19.3 Å². The molecule has 0 aromatic heterocycles. The topological polar surface area (TPSA) is 105 Å². The van der Waals surface area contributed by atoms with Gasteiger partial charge in [0.1, 0.15) is 12.6 Å². The number of likely N-dealkylation sites (N-methyl/N-ethyl adjacent to an activating group) is 1. The fourth-order valence-electron chi connectivity index (χ4n) is 1.62. The van der Waals surface area contributed by atoms with Gasteiger partial charge in [0.05, 0.1) is 6.61 Å². The number of amides is 4. The van der Waals surface area contributed by atoms with Gasteiger partial charge in [-0.1, -0.05) is 0 Å². The van der Waals surface area contributed by atoms with Crippen molar-refractivity contribution in [1.29, 1.82) is 0 Å². The first-order valence-corrected chi connectivity index (χ1v) is 5.96. The molecule has 19 heavy (non-hydrogen) atoms. The highest BCUT2D eigenvalue weighted by molar-refractivity contribution is 6.01. The standard InChI is InChI=1S/C11H17N3O5/c1-3-19-9(16)6-12-11(18)13-7-4-5-8(15)14(2)10(7)17/h7H,3-6H2,1-2H3,(H2,12,13,18). The average Bonchev–Trinajstić information content (AvgIpc) is 2.37. The molecule has 1 saturated heterocycles. The Morgan fingerprint density at radius 1 is 1.42 bits per heavy atom. The molecule has 8 heteroatoms. The number of carbonyl (C=O) groups excluding carboxylic acids is 4. The summed E-state index contributed by atoms with van der Waals surface area (Å²) in [6.45, 7) is 1.62. The van der Waals surface area contributed by atoms with Crippen molar-refractivity contribution in [2.24, 2.45) is 0 Å². The van der Waals surface area contributed by atoms with Crippen molar-refractivity contribution in [2.45, 2.75) is 25.8 Å². The van der Waals surface area contributed by atoms with E-state index in [-0.39, 0.29) is 31.9 Å². The number of ether oxygens (including phenoxy) is 1. The number of nitrogens with zero attached hydrogens (tertiary/aromatic N) is 1. The lowest BCUT2D eigenvalue weighted by molar-refractivity contribution is -0.147. The van der Waals surface area contributed by atoms with E-state index in [2.05, 4.69) is 15.4 Å². The largest absolute Gasteiger partial charge is 0.465 e. The zero-order valence-electron chi connectivity index (χ0n) is 10.9. The van der Waals surface area contributed by atoms with Crippen LogP contribution in [0.25, 0.3) is 0 Å². The number of piperidine rings is 1. The predicted molar refractivity (Wildman–Crippen MR) is 64.0 cm³/mol. The summed E-state index contributed by atoms with van der Waals surface area (Å²) in [7, 11) is 1.37. The van der Waals surface area contributed by atoms with Crippen LogP contribution in [-0.2, 0) is 19.1 Å². The number of hydrogen-bond donors (Lipinski definition) is 2. The van der Waals surface area contributed by atoms with E-state index in [4.69, 9.17) is 0 Å². The highest BCUT2D eigenvalue weighted by Gasteiger charge is 2.32. The van der Waals surface area contributed by atoms with E-state index in [0.29, 0.717) is 0 Å². The molecule has 0 bridgehead atoms. The van der Waals surface area contributed by atoms with Crippen molar-refractivity contribution < 1.29 is 23.9 Å².